The van der Waals surface area contributed by atoms with Crippen molar-refractivity contribution in [3.63, 3.8) is 0 Å². The number of pyridine rings is 1. The molecule has 5 rings (SSSR count). The van der Waals surface area contributed by atoms with Gasteiger partial charge in [-0.05, 0) is 53.8 Å². The van der Waals surface area contributed by atoms with E-state index in [9.17, 15) is 4.79 Å². The van der Waals surface area contributed by atoms with Crippen molar-refractivity contribution >= 4 is 16.8 Å². The molecule has 0 spiro atoms. The number of carbonyl (C=O) groups is 1. The van der Waals surface area contributed by atoms with Gasteiger partial charge in [-0.2, -0.15) is 0 Å². The molecule has 0 unspecified atom stereocenters. The molecule has 3 heterocycles. The zero-order valence-electron chi connectivity index (χ0n) is 19.9. The van der Waals surface area contributed by atoms with Gasteiger partial charge in [0.2, 0.25) is 5.91 Å². The number of carbonyl (C=O) groups excluding carboxylic acids is 1. The molecule has 0 aliphatic carbocycles. The van der Waals surface area contributed by atoms with Crippen molar-refractivity contribution in [2.45, 2.75) is 19.9 Å². The Bertz CT molecular complexity index is 1290. The summed E-state index contributed by atoms with van der Waals surface area (Å²) in [5.41, 5.74) is 3.45. The number of nitrogens with zero attached hydrogens (tertiary/aromatic N) is 5. The molecule has 7 nitrogen and oxygen atoms in total. The van der Waals surface area contributed by atoms with Crippen LogP contribution in [0.2, 0.25) is 0 Å². The first-order chi connectivity index (χ1) is 17.1. The van der Waals surface area contributed by atoms with Gasteiger partial charge >= 0.3 is 6.01 Å². The minimum atomic E-state index is 0.134. The third-order valence-corrected chi connectivity index (χ3v) is 6.43. The minimum Gasteiger partial charge on any atom is -0.424 e. The monoisotopic (exact) mass is 467 g/mol. The van der Waals surface area contributed by atoms with Crippen LogP contribution in [-0.4, -0.2) is 56.8 Å². The molecule has 1 saturated heterocycles. The van der Waals surface area contributed by atoms with Crippen LogP contribution in [0.3, 0.4) is 0 Å². The van der Waals surface area contributed by atoms with E-state index < -0.39 is 0 Å². The van der Waals surface area contributed by atoms with E-state index in [1.165, 1.54) is 10.9 Å². The lowest BCUT2D eigenvalue weighted by Gasteiger charge is -2.25. The molecular weight excluding hydrogens is 438 g/mol. The van der Waals surface area contributed by atoms with Gasteiger partial charge in [0.05, 0.1) is 5.52 Å². The number of hydrogen-bond donors (Lipinski definition) is 0. The fourth-order valence-corrected chi connectivity index (χ4v) is 4.80. The molecule has 1 atom stereocenters. The Kier molecular flexibility index (Phi) is 6.95. The van der Waals surface area contributed by atoms with Crippen LogP contribution in [0.4, 0.5) is 0 Å². The van der Waals surface area contributed by atoms with Crippen molar-refractivity contribution in [2.24, 2.45) is 5.92 Å². The van der Waals surface area contributed by atoms with Crippen LogP contribution in [0.25, 0.3) is 10.9 Å². The zero-order valence-corrected chi connectivity index (χ0v) is 19.9. The fourth-order valence-electron chi connectivity index (χ4n) is 4.80. The lowest BCUT2D eigenvalue weighted by atomic mass is 9.95. The number of hydrogen-bond acceptors (Lipinski definition) is 6. The van der Waals surface area contributed by atoms with E-state index in [0.29, 0.717) is 17.7 Å². The maximum absolute atomic E-state index is 12.3. The van der Waals surface area contributed by atoms with E-state index in [2.05, 4.69) is 50.2 Å². The molecule has 178 valence electrons. The average molecular weight is 468 g/mol. The van der Waals surface area contributed by atoms with Crippen LogP contribution in [0.1, 0.15) is 18.1 Å². The summed E-state index contributed by atoms with van der Waals surface area (Å²) in [5, 5.41) is 1.19. The highest BCUT2D eigenvalue weighted by Crippen LogP contribution is 2.24. The van der Waals surface area contributed by atoms with Crippen LogP contribution in [0.5, 0.6) is 11.8 Å². The average Bonchev–Trinajstić information content (AvgIpc) is 3.07. The SMILES string of the molecule is CC(=O)N1CCN(Cc2cccc(Oc3ncccn3)c2)C[C@H](Cc2cccc3ncccc23)C1. The molecule has 1 aliphatic rings. The summed E-state index contributed by atoms with van der Waals surface area (Å²) in [4.78, 5) is 29.5. The largest absolute Gasteiger partial charge is 0.424 e. The van der Waals surface area contributed by atoms with Gasteiger partial charge in [-0.25, -0.2) is 9.97 Å². The molecule has 2 aromatic heterocycles. The van der Waals surface area contributed by atoms with Crippen molar-refractivity contribution in [3.05, 3.63) is 90.4 Å². The van der Waals surface area contributed by atoms with Crippen molar-refractivity contribution in [1.82, 2.24) is 24.8 Å². The van der Waals surface area contributed by atoms with Crippen LogP contribution in [-0.2, 0) is 17.8 Å². The predicted molar refractivity (Wildman–Crippen MR) is 135 cm³/mol. The number of benzene rings is 2. The van der Waals surface area contributed by atoms with Gasteiger partial charge in [-0.1, -0.05) is 30.3 Å². The Hall–Kier alpha value is -3.84. The molecule has 1 fully saturated rings. The van der Waals surface area contributed by atoms with Crippen molar-refractivity contribution < 1.29 is 9.53 Å². The first-order valence-corrected chi connectivity index (χ1v) is 12.0. The van der Waals surface area contributed by atoms with Crippen LogP contribution < -0.4 is 4.74 Å². The Balaban J connectivity index is 1.33. The molecule has 1 aliphatic heterocycles. The van der Waals surface area contributed by atoms with Gasteiger partial charge in [0.25, 0.3) is 0 Å². The number of rotatable bonds is 6. The summed E-state index contributed by atoms with van der Waals surface area (Å²) >= 11 is 0. The Morgan fingerprint density at radius 1 is 0.943 bits per heavy atom. The molecule has 35 heavy (non-hydrogen) atoms. The molecular formula is C28H29N5O2. The molecule has 0 radical (unpaired) electrons. The van der Waals surface area contributed by atoms with Gasteiger partial charge in [-0.3, -0.25) is 14.7 Å². The minimum absolute atomic E-state index is 0.134. The highest BCUT2D eigenvalue weighted by Gasteiger charge is 2.25. The van der Waals surface area contributed by atoms with Crippen molar-refractivity contribution in [3.8, 4) is 11.8 Å². The van der Waals surface area contributed by atoms with E-state index in [-0.39, 0.29) is 5.91 Å². The van der Waals surface area contributed by atoms with E-state index in [1.54, 1.807) is 25.4 Å². The number of amides is 1. The lowest BCUT2D eigenvalue weighted by Crippen LogP contribution is -2.34. The molecule has 7 heteroatoms. The first-order valence-electron chi connectivity index (χ1n) is 12.0. The van der Waals surface area contributed by atoms with Crippen molar-refractivity contribution in [2.75, 3.05) is 26.2 Å². The number of fused-ring (bicyclic) bond motifs is 1. The third-order valence-electron chi connectivity index (χ3n) is 6.43. The van der Waals surface area contributed by atoms with Gasteiger partial charge in [0, 0.05) is 63.6 Å². The van der Waals surface area contributed by atoms with Gasteiger partial charge in [0.1, 0.15) is 5.75 Å². The van der Waals surface area contributed by atoms with Gasteiger partial charge in [0.15, 0.2) is 0 Å². The summed E-state index contributed by atoms with van der Waals surface area (Å²) in [6.45, 7) is 5.69. The fraction of sp³-hybridized carbons (Fsp3) is 0.286. The highest BCUT2D eigenvalue weighted by atomic mass is 16.5. The summed E-state index contributed by atoms with van der Waals surface area (Å²) in [7, 11) is 0. The maximum Gasteiger partial charge on any atom is 0.321 e. The zero-order chi connectivity index (χ0) is 24.0. The molecule has 4 aromatic rings. The van der Waals surface area contributed by atoms with Crippen LogP contribution in [0, 0.1) is 5.92 Å². The van der Waals surface area contributed by atoms with E-state index >= 15 is 0 Å². The molecule has 1 amide bonds. The smallest absolute Gasteiger partial charge is 0.321 e. The Morgan fingerprint density at radius 3 is 2.63 bits per heavy atom. The first kappa shape index (κ1) is 22.9. The standard InChI is InChI=1S/C28H29N5O2/c1-21(34)33-15-14-32(18-22-6-2-8-25(17-22)35-28-30-12-5-13-31-28)19-23(20-33)16-24-7-3-10-27-26(24)9-4-11-29-27/h2-13,17,23H,14-16,18-20H2,1H3/t23-/m0/s1. The molecule has 0 saturated carbocycles. The summed E-state index contributed by atoms with van der Waals surface area (Å²) in [5.74, 6) is 1.17. The van der Waals surface area contributed by atoms with E-state index in [1.807, 2.05) is 35.4 Å². The molecule has 0 bridgehead atoms. The predicted octanol–water partition coefficient (Wildman–Crippen LogP) is 4.34. The van der Waals surface area contributed by atoms with Gasteiger partial charge in [-0.15, -0.1) is 0 Å². The quantitative estimate of drug-likeness (QED) is 0.420. The molecule has 0 N–H and O–H groups in total. The van der Waals surface area contributed by atoms with Gasteiger partial charge < -0.3 is 9.64 Å². The number of ether oxygens (including phenoxy) is 1. The second-order valence-electron chi connectivity index (χ2n) is 9.04. The second kappa shape index (κ2) is 10.6. The highest BCUT2D eigenvalue weighted by molar-refractivity contribution is 5.82. The van der Waals surface area contributed by atoms with E-state index in [0.717, 1.165) is 50.2 Å². The third kappa shape index (κ3) is 5.81. The Labute approximate surface area is 205 Å². The Morgan fingerprint density at radius 2 is 1.77 bits per heavy atom. The molecule has 2 aromatic carbocycles. The second-order valence-corrected chi connectivity index (χ2v) is 9.04. The van der Waals surface area contributed by atoms with Crippen LogP contribution >= 0.6 is 0 Å². The number of aromatic nitrogens is 3. The summed E-state index contributed by atoms with van der Waals surface area (Å²) in [6.07, 6.45) is 6.06. The van der Waals surface area contributed by atoms with Crippen LogP contribution in [0.15, 0.2) is 79.3 Å². The normalized spacial score (nSPS) is 16.7. The summed E-state index contributed by atoms with van der Waals surface area (Å²) in [6, 6.07) is 20.6. The van der Waals surface area contributed by atoms with E-state index in [4.69, 9.17) is 4.74 Å². The maximum atomic E-state index is 12.3. The van der Waals surface area contributed by atoms with Crippen molar-refractivity contribution in [1.29, 1.82) is 0 Å². The lowest BCUT2D eigenvalue weighted by molar-refractivity contribution is -0.129. The summed E-state index contributed by atoms with van der Waals surface area (Å²) < 4.78 is 5.82. The topological polar surface area (TPSA) is 71.5 Å².